The third-order valence-electron chi connectivity index (χ3n) is 2.72. The molecule has 0 atom stereocenters. The van der Waals surface area contributed by atoms with Crippen LogP contribution in [0.25, 0.3) is 11.3 Å². The first-order chi connectivity index (χ1) is 8.04. The normalized spacial score (nSPS) is 10.2. The van der Waals surface area contributed by atoms with Crippen molar-refractivity contribution in [3.8, 4) is 17.3 Å². The molecule has 1 heterocycles. The molecule has 4 nitrogen and oxygen atoms in total. The fourth-order valence-electron chi connectivity index (χ4n) is 1.60. The molecule has 2 aromatic rings. The van der Waals surface area contributed by atoms with Gasteiger partial charge in [0, 0.05) is 12.6 Å². The van der Waals surface area contributed by atoms with E-state index in [1.165, 1.54) is 12.1 Å². The molecule has 0 bridgehead atoms. The summed E-state index contributed by atoms with van der Waals surface area (Å²) in [5.74, 6) is 0.723. The molecular formula is C12H11FN4. The zero-order valence-electron chi connectivity index (χ0n) is 9.53. The summed E-state index contributed by atoms with van der Waals surface area (Å²) in [4.78, 5) is 4.29. The second-order valence-corrected chi connectivity index (χ2v) is 3.76. The van der Waals surface area contributed by atoms with Crippen molar-refractivity contribution in [2.24, 2.45) is 7.05 Å². The quantitative estimate of drug-likeness (QED) is 0.814. The Labute approximate surface area is 98.1 Å². The molecule has 0 spiro atoms. The van der Waals surface area contributed by atoms with E-state index in [1.54, 1.807) is 23.8 Å². The highest BCUT2D eigenvalue weighted by Crippen LogP contribution is 2.26. The van der Waals surface area contributed by atoms with Crippen LogP contribution in [-0.4, -0.2) is 9.55 Å². The molecule has 0 saturated carbocycles. The highest BCUT2D eigenvalue weighted by Gasteiger charge is 2.13. The monoisotopic (exact) mass is 230 g/mol. The van der Waals surface area contributed by atoms with E-state index in [9.17, 15) is 4.39 Å². The van der Waals surface area contributed by atoms with Crippen molar-refractivity contribution >= 4 is 5.82 Å². The number of benzene rings is 1. The molecule has 17 heavy (non-hydrogen) atoms. The van der Waals surface area contributed by atoms with Crippen LogP contribution in [0, 0.1) is 24.1 Å². The maximum absolute atomic E-state index is 13.2. The summed E-state index contributed by atoms with van der Waals surface area (Å²) in [6, 6.07) is 6.06. The number of anilines is 1. The number of nitrogens with two attached hydrogens (primary N) is 1. The Bertz CT molecular complexity index is 622. The lowest BCUT2D eigenvalue weighted by molar-refractivity contribution is 0.624. The van der Waals surface area contributed by atoms with Crippen molar-refractivity contribution < 1.29 is 4.39 Å². The second kappa shape index (κ2) is 3.91. The van der Waals surface area contributed by atoms with Crippen molar-refractivity contribution in [3.63, 3.8) is 0 Å². The van der Waals surface area contributed by atoms with Crippen LogP contribution in [0.2, 0.25) is 0 Å². The molecule has 1 aromatic carbocycles. The molecule has 0 aliphatic heterocycles. The van der Waals surface area contributed by atoms with Crippen molar-refractivity contribution in [1.29, 1.82) is 5.26 Å². The molecule has 0 radical (unpaired) electrons. The summed E-state index contributed by atoms with van der Waals surface area (Å²) in [6.07, 6.45) is 0. The molecule has 0 amide bonds. The number of rotatable bonds is 1. The lowest BCUT2D eigenvalue weighted by atomic mass is 10.1. The third-order valence-corrected chi connectivity index (χ3v) is 2.72. The second-order valence-electron chi connectivity index (χ2n) is 3.76. The van der Waals surface area contributed by atoms with Gasteiger partial charge < -0.3 is 10.3 Å². The van der Waals surface area contributed by atoms with Gasteiger partial charge in [0.05, 0.1) is 5.56 Å². The van der Waals surface area contributed by atoms with Gasteiger partial charge in [0.25, 0.3) is 0 Å². The number of aromatic nitrogens is 2. The van der Waals surface area contributed by atoms with Gasteiger partial charge in [0.2, 0.25) is 0 Å². The standard InChI is InChI=1S/C12H11FN4/c1-7-16-11(12(15)17(7)2)8-3-4-10(13)9(5-8)6-14/h3-5H,15H2,1-2H3. The van der Waals surface area contributed by atoms with Gasteiger partial charge in [0.15, 0.2) is 0 Å². The zero-order valence-corrected chi connectivity index (χ0v) is 9.53. The average Bonchev–Trinajstić information content (AvgIpc) is 2.58. The van der Waals surface area contributed by atoms with E-state index in [2.05, 4.69) is 4.98 Å². The Balaban J connectivity index is 2.62. The number of nitriles is 1. The number of imidazole rings is 1. The molecular weight excluding hydrogens is 219 g/mol. The fourth-order valence-corrected chi connectivity index (χ4v) is 1.60. The Hall–Kier alpha value is -2.35. The van der Waals surface area contributed by atoms with Gasteiger partial charge in [-0.1, -0.05) is 0 Å². The largest absolute Gasteiger partial charge is 0.383 e. The third kappa shape index (κ3) is 1.74. The molecule has 86 valence electrons. The maximum atomic E-state index is 13.2. The summed E-state index contributed by atoms with van der Waals surface area (Å²) < 4.78 is 14.9. The molecule has 2 N–H and O–H groups in total. The van der Waals surface area contributed by atoms with Gasteiger partial charge in [-0.05, 0) is 25.1 Å². The highest BCUT2D eigenvalue weighted by molar-refractivity contribution is 5.72. The van der Waals surface area contributed by atoms with Crippen LogP contribution in [0.4, 0.5) is 10.2 Å². The van der Waals surface area contributed by atoms with Crippen molar-refractivity contribution in [3.05, 3.63) is 35.4 Å². The van der Waals surface area contributed by atoms with Crippen LogP contribution in [0.3, 0.4) is 0 Å². The van der Waals surface area contributed by atoms with Gasteiger partial charge in [-0.2, -0.15) is 5.26 Å². The number of halogens is 1. The van der Waals surface area contributed by atoms with Gasteiger partial charge in [-0.15, -0.1) is 0 Å². The topological polar surface area (TPSA) is 67.6 Å². The van der Waals surface area contributed by atoms with Crippen LogP contribution in [0.1, 0.15) is 11.4 Å². The van der Waals surface area contributed by atoms with E-state index in [0.717, 1.165) is 5.82 Å². The summed E-state index contributed by atoms with van der Waals surface area (Å²) in [7, 11) is 1.80. The Kier molecular flexibility index (Phi) is 2.56. The molecule has 0 unspecified atom stereocenters. The molecule has 1 aromatic heterocycles. The fraction of sp³-hybridized carbons (Fsp3) is 0.167. The van der Waals surface area contributed by atoms with E-state index in [1.807, 2.05) is 6.92 Å². The number of aryl methyl sites for hydroxylation is 1. The van der Waals surface area contributed by atoms with E-state index in [0.29, 0.717) is 17.1 Å². The predicted octanol–water partition coefficient (Wildman–Crippen LogP) is 1.99. The first kappa shape index (κ1) is 11.1. The van der Waals surface area contributed by atoms with Gasteiger partial charge >= 0.3 is 0 Å². The number of hydrogen-bond donors (Lipinski definition) is 1. The number of nitrogens with zero attached hydrogens (tertiary/aromatic N) is 3. The number of hydrogen-bond acceptors (Lipinski definition) is 3. The maximum Gasteiger partial charge on any atom is 0.140 e. The Morgan fingerprint density at radius 3 is 2.71 bits per heavy atom. The minimum Gasteiger partial charge on any atom is -0.383 e. The molecule has 5 heteroatoms. The van der Waals surface area contributed by atoms with E-state index in [-0.39, 0.29) is 5.56 Å². The minimum absolute atomic E-state index is 0.00907. The summed E-state index contributed by atoms with van der Waals surface area (Å²) in [5, 5.41) is 8.77. The molecule has 0 aliphatic rings. The van der Waals surface area contributed by atoms with E-state index in [4.69, 9.17) is 11.0 Å². The SMILES string of the molecule is Cc1nc(-c2ccc(F)c(C#N)c2)c(N)n1C. The first-order valence-corrected chi connectivity index (χ1v) is 5.03. The van der Waals surface area contributed by atoms with Gasteiger partial charge in [-0.25, -0.2) is 9.37 Å². The lowest BCUT2D eigenvalue weighted by Crippen LogP contribution is -1.98. The van der Waals surface area contributed by atoms with Crippen LogP contribution in [0.15, 0.2) is 18.2 Å². The summed E-state index contributed by atoms with van der Waals surface area (Å²) in [6.45, 7) is 1.83. The van der Waals surface area contributed by atoms with Crippen LogP contribution < -0.4 is 5.73 Å². The minimum atomic E-state index is -0.539. The van der Waals surface area contributed by atoms with Crippen molar-refractivity contribution in [2.75, 3.05) is 5.73 Å². The van der Waals surface area contributed by atoms with Crippen LogP contribution in [0.5, 0.6) is 0 Å². The van der Waals surface area contributed by atoms with E-state index < -0.39 is 5.82 Å². The lowest BCUT2D eigenvalue weighted by Gasteiger charge is -2.01. The highest BCUT2D eigenvalue weighted by atomic mass is 19.1. The smallest absolute Gasteiger partial charge is 0.140 e. The summed E-state index contributed by atoms with van der Waals surface area (Å²) in [5.41, 5.74) is 7.09. The zero-order chi connectivity index (χ0) is 12.6. The number of nitrogen functional groups attached to an aromatic ring is 1. The molecule has 2 rings (SSSR count). The first-order valence-electron chi connectivity index (χ1n) is 5.03. The average molecular weight is 230 g/mol. The molecule has 0 fully saturated rings. The molecule has 0 saturated heterocycles. The van der Waals surface area contributed by atoms with Gasteiger partial charge in [0.1, 0.15) is 29.2 Å². The molecule has 0 aliphatic carbocycles. The van der Waals surface area contributed by atoms with E-state index >= 15 is 0 Å². The Morgan fingerprint density at radius 1 is 1.47 bits per heavy atom. The van der Waals surface area contributed by atoms with Gasteiger partial charge in [-0.3, -0.25) is 0 Å². The van der Waals surface area contributed by atoms with Crippen molar-refractivity contribution in [1.82, 2.24) is 9.55 Å². The van der Waals surface area contributed by atoms with Crippen molar-refractivity contribution in [2.45, 2.75) is 6.92 Å². The summed E-state index contributed by atoms with van der Waals surface area (Å²) >= 11 is 0. The van der Waals surface area contributed by atoms with Crippen LogP contribution >= 0.6 is 0 Å². The predicted molar refractivity (Wildman–Crippen MR) is 62.5 cm³/mol. The van der Waals surface area contributed by atoms with Crippen LogP contribution in [-0.2, 0) is 7.05 Å². The Morgan fingerprint density at radius 2 is 2.18 bits per heavy atom.